The van der Waals surface area contributed by atoms with Crippen LogP contribution in [0.2, 0.25) is 0 Å². The van der Waals surface area contributed by atoms with Crippen molar-refractivity contribution in [2.24, 2.45) is 11.8 Å². The van der Waals surface area contributed by atoms with Crippen LogP contribution in [-0.4, -0.2) is 33.8 Å². The molecule has 2 aromatic rings. The number of imide groups is 1. The summed E-state index contributed by atoms with van der Waals surface area (Å²) in [5.41, 5.74) is 0.498. The molecule has 1 heterocycles. The molecule has 0 aliphatic rings. The van der Waals surface area contributed by atoms with Crippen molar-refractivity contribution in [1.29, 1.82) is 0 Å². The Labute approximate surface area is 175 Å². The molecule has 29 heavy (non-hydrogen) atoms. The molecule has 0 saturated heterocycles. The first kappa shape index (κ1) is 22.9. The van der Waals surface area contributed by atoms with Crippen LogP contribution in [-0.2, 0) is 11.3 Å². The van der Waals surface area contributed by atoms with Gasteiger partial charge < -0.3 is 5.32 Å². The summed E-state index contributed by atoms with van der Waals surface area (Å²) in [5.74, 6) is 0.492. The molecule has 0 unspecified atom stereocenters. The minimum Gasteiger partial charge on any atom is -0.338 e. The molecule has 1 aromatic heterocycles. The summed E-state index contributed by atoms with van der Waals surface area (Å²) in [5, 5.41) is 6.04. The highest BCUT2D eigenvalue weighted by Crippen LogP contribution is 2.18. The number of hydrogen-bond donors (Lipinski definition) is 2. The molecule has 8 heteroatoms. The highest BCUT2D eigenvalue weighted by atomic mass is 32.2. The van der Waals surface area contributed by atoms with E-state index in [9.17, 15) is 14.4 Å². The molecule has 0 fully saturated rings. The molecule has 0 saturated carbocycles. The largest absolute Gasteiger partial charge is 0.338 e. The molecule has 1 aromatic carbocycles. The van der Waals surface area contributed by atoms with Crippen LogP contribution in [0.25, 0.3) is 10.9 Å². The molecule has 0 aliphatic carbocycles. The molecule has 0 spiro atoms. The molecule has 2 N–H and O–H groups in total. The van der Waals surface area contributed by atoms with E-state index in [2.05, 4.69) is 43.3 Å². The van der Waals surface area contributed by atoms with E-state index in [1.54, 1.807) is 16.7 Å². The number of fused-ring (bicyclic) bond motifs is 1. The van der Waals surface area contributed by atoms with Gasteiger partial charge in [0.15, 0.2) is 5.16 Å². The first-order chi connectivity index (χ1) is 13.8. The fourth-order valence-electron chi connectivity index (χ4n) is 2.65. The number of benzene rings is 1. The second-order valence-corrected chi connectivity index (χ2v) is 8.77. The lowest BCUT2D eigenvalue weighted by molar-refractivity contribution is -0.117. The monoisotopic (exact) mass is 418 g/mol. The molecular weight excluding hydrogens is 388 g/mol. The standard InChI is InChI=1S/C21H30N4O3S/c1-14(2)9-11-22-20(28)24-18(26)13-29-21-23-17-8-6-5-7-16(17)19(27)25(21)12-10-15(3)4/h5-8,14-15H,9-13H2,1-4H3,(H2,22,24,26,28). The third-order valence-corrected chi connectivity index (χ3v) is 5.33. The van der Waals surface area contributed by atoms with Gasteiger partial charge in [0.1, 0.15) is 0 Å². The van der Waals surface area contributed by atoms with E-state index in [4.69, 9.17) is 0 Å². The highest BCUT2D eigenvalue weighted by Gasteiger charge is 2.14. The van der Waals surface area contributed by atoms with Gasteiger partial charge in [0.05, 0.1) is 16.7 Å². The maximum absolute atomic E-state index is 12.9. The van der Waals surface area contributed by atoms with Gasteiger partial charge in [-0.05, 0) is 36.8 Å². The molecule has 0 radical (unpaired) electrons. The van der Waals surface area contributed by atoms with Crippen molar-refractivity contribution in [3.8, 4) is 0 Å². The summed E-state index contributed by atoms with van der Waals surface area (Å²) in [6.45, 7) is 9.38. The predicted molar refractivity (Wildman–Crippen MR) is 117 cm³/mol. The van der Waals surface area contributed by atoms with Crippen LogP contribution in [0, 0.1) is 11.8 Å². The summed E-state index contributed by atoms with van der Waals surface area (Å²) >= 11 is 1.17. The van der Waals surface area contributed by atoms with Crippen molar-refractivity contribution in [1.82, 2.24) is 20.2 Å². The molecule has 0 atom stereocenters. The third-order valence-electron chi connectivity index (χ3n) is 4.35. The van der Waals surface area contributed by atoms with E-state index in [1.807, 2.05) is 12.1 Å². The van der Waals surface area contributed by atoms with Crippen molar-refractivity contribution in [2.75, 3.05) is 12.3 Å². The van der Waals surface area contributed by atoms with Crippen LogP contribution in [0.4, 0.5) is 4.79 Å². The number of amides is 3. The van der Waals surface area contributed by atoms with Crippen LogP contribution in [0.5, 0.6) is 0 Å². The molecule has 7 nitrogen and oxygen atoms in total. The van der Waals surface area contributed by atoms with Crippen LogP contribution in [0.3, 0.4) is 0 Å². The SMILES string of the molecule is CC(C)CCNC(=O)NC(=O)CSc1nc2ccccc2c(=O)n1CCC(C)C. The summed E-state index contributed by atoms with van der Waals surface area (Å²) in [6, 6.07) is 6.70. The van der Waals surface area contributed by atoms with Gasteiger partial charge in [0.25, 0.3) is 5.56 Å². The van der Waals surface area contributed by atoms with Gasteiger partial charge in [-0.3, -0.25) is 19.5 Å². The van der Waals surface area contributed by atoms with E-state index in [-0.39, 0.29) is 11.3 Å². The number of para-hydroxylation sites is 1. The zero-order chi connectivity index (χ0) is 21.4. The fourth-order valence-corrected chi connectivity index (χ4v) is 3.48. The van der Waals surface area contributed by atoms with Crippen LogP contribution >= 0.6 is 11.8 Å². The van der Waals surface area contributed by atoms with Crippen LogP contribution in [0.1, 0.15) is 40.5 Å². The summed E-state index contributed by atoms with van der Waals surface area (Å²) in [4.78, 5) is 41.4. The molecule has 2 rings (SSSR count). The lowest BCUT2D eigenvalue weighted by Gasteiger charge is -2.14. The molecule has 0 bridgehead atoms. The number of carbonyl (C=O) groups is 2. The minimum atomic E-state index is -0.500. The van der Waals surface area contributed by atoms with Gasteiger partial charge in [-0.25, -0.2) is 9.78 Å². The second kappa shape index (κ2) is 11.0. The first-order valence-electron chi connectivity index (χ1n) is 9.98. The number of urea groups is 1. The molecule has 158 valence electrons. The summed E-state index contributed by atoms with van der Waals surface area (Å²) < 4.78 is 1.63. The molecular formula is C21H30N4O3S. The van der Waals surface area contributed by atoms with Crippen LogP contribution in [0.15, 0.2) is 34.2 Å². The topological polar surface area (TPSA) is 93.1 Å². The third kappa shape index (κ3) is 7.20. The van der Waals surface area contributed by atoms with E-state index < -0.39 is 11.9 Å². The fraction of sp³-hybridized carbons (Fsp3) is 0.524. The van der Waals surface area contributed by atoms with Gasteiger partial charge in [-0.15, -0.1) is 0 Å². The van der Waals surface area contributed by atoms with Gasteiger partial charge >= 0.3 is 6.03 Å². The zero-order valence-corrected chi connectivity index (χ0v) is 18.3. The Bertz CT molecular complexity index is 908. The Kier molecular flexibility index (Phi) is 8.70. The number of aromatic nitrogens is 2. The number of hydrogen-bond acceptors (Lipinski definition) is 5. The van der Waals surface area contributed by atoms with Crippen molar-refractivity contribution in [2.45, 2.75) is 52.2 Å². The average molecular weight is 419 g/mol. The van der Waals surface area contributed by atoms with Crippen molar-refractivity contribution < 1.29 is 9.59 Å². The Morgan fingerprint density at radius 2 is 1.79 bits per heavy atom. The smallest absolute Gasteiger partial charge is 0.321 e. The predicted octanol–water partition coefficient (Wildman–Crippen LogP) is 3.41. The lowest BCUT2D eigenvalue weighted by Crippen LogP contribution is -2.41. The molecule has 0 aliphatic heterocycles. The maximum atomic E-state index is 12.9. The van der Waals surface area contributed by atoms with E-state index in [1.165, 1.54) is 11.8 Å². The van der Waals surface area contributed by atoms with Gasteiger partial charge in [0, 0.05) is 13.1 Å². The van der Waals surface area contributed by atoms with E-state index in [0.29, 0.717) is 41.0 Å². The quantitative estimate of drug-likeness (QED) is 0.481. The number of nitrogens with zero attached hydrogens (tertiary/aromatic N) is 2. The van der Waals surface area contributed by atoms with Gasteiger partial charge in [0.2, 0.25) is 5.91 Å². The molecule has 3 amide bonds. The normalized spacial score (nSPS) is 11.2. The summed E-state index contributed by atoms with van der Waals surface area (Å²) in [6.07, 6.45) is 1.68. The number of nitrogens with one attached hydrogen (secondary N) is 2. The Morgan fingerprint density at radius 3 is 2.48 bits per heavy atom. The number of thioether (sulfide) groups is 1. The minimum absolute atomic E-state index is 0.00403. The van der Waals surface area contributed by atoms with Crippen molar-refractivity contribution in [3.63, 3.8) is 0 Å². The Balaban J connectivity index is 2.07. The first-order valence-corrected chi connectivity index (χ1v) is 11.0. The van der Waals surface area contributed by atoms with Gasteiger partial charge in [-0.1, -0.05) is 51.6 Å². The second-order valence-electron chi connectivity index (χ2n) is 7.83. The van der Waals surface area contributed by atoms with Crippen molar-refractivity contribution in [3.05, 3.63) is 34.6 Å². The zero-order valence-electron chi connectivity index (χ0n) is 17.5. The van der Waals surface area contributed by atoms with E-state index >= 15 is 0 Å². The summed E-state index contributed by atoms with van der Waals surface area (Å²) in [7, 11) is 0. The lowest BCUT2D eigenvalue weighted by atomic mass is 10.1. The van der Waals surface area contributed by atoms with Crippen molar-refractivity contribution >= 4 is 34.6 Å². The number of carbonyl (C=O) groups excluding carboxylic acids is 2. The van der Waals surface area contributed by atoms with Crippen LogP contribution < -0.4 is 16.2 Å². The average Bonchev–Trinajstić information content (AvgIpc) is 2.65. The Morgan fingerprint density at radius 1 is 1.10 bits per heavy atom. The maximum Gasteiger partial charge on any atom is 0.321 e. The number of rotatable bonds is 9. The Hall–Kier alpha value is -2.35. The highest BCUT2D eigenvalue weighted by molar-refractivity contribution is 7.99. The van der Waals surface area contributed by atoms with E-state index in [0.717, 1.165) is 12.8 Å². The van der Waals surface area contributed by atoms with Gasteiger partial charge in [-0.2, -0.15) is 0 Å².